The molecule has 28 heavy (non-hydrogen) atoms. The zero-order valence-electron chi connectivity index (χ0n) is 16.4. The monoisotopic (exact) mass is 391 g/mol. The van der Waals surface area contributed by atoms with Gasteiger partial charge in [-0.15, -0.1) is 0 Å². The number of carbonyl (C=O) groups is 1. The Bertz CT molecular complexity index is 941. The van der Waals surface area contributed by atoms with Crippen molar-refractivity contribution in [1.29, 1.82) is 0 Å². The molecule has 0 saturated carbocycles. The van der Waals surface area contributed by atoms with Gasteiger partial charge in [0, 0.05) is 29.6 Å². The summed E-state index contributed by atoms with van der Waals surface area (Å²) in [7, 11) is 1.33. The fourth-order valence-corrected chi connectivity index (χ4v) is 3.11. The van der Waals surface area contributed by atoms with Crippen LogP contribution in [0.5, 0.6) is 0 Å². The molecule has 3 rings (SSSR count). The van der Waals surface area contributed by atoms with Crippen LogP contribution in [0.15, 0.2) is 48.5 Å². The number of ether oxygens (including phenoxy) is 1. The number of hydrogen-bond donors (Lipinski definition) is 0. The summed E-state index contributed by atoms with van der Waals surface area (Å²) in [5, 5.41) is 0.900. The Morgan fingerprint density at radius 3 is 2.21 bits per heavy atom. The van der Waals surface area contributed by atoms with Gasteiger partial charge in [0.05, 0.1) is 18.2 Å². The standard InChI is InChI=1S/C20H18F3NO2.C2H6/c1-3-24-17(10-13-4-7-16(8-5-13)20(21,22)23)12-15-11-14(19(25)26-2)6-9-18(15)24;1-2/h4-9,11-12H,3,10H2,1-2H3;1-2H3. The molecule has 0 fully saturated rings. The van der Waals surface area contributed by atoms with Crippen molar-refractivity contribution in [3.8, 4) is 0 Å². The summed E-state index contributed by atoms with van der Waals surface area (Å²) in [5.41, 5.74) is 2.56. The second-order valence-corrected chi connectivity index (χ2v) is 6.02. The van der Waals surface area contributed by atoms with Crippen molar-refractivity contribution in [2.75, 3.05) is 7.11 Å². The summed E-state index contributed by atoms with van der Waals surface area (Å²) in [6.45, 7) is 6.72. The van der Waals surface area contributed by atoms with Gasteiger partial charge in [0.1, 0.15) is 0 Å². The van der Waals surface area contributed by atoms with Crippen LogP contribution in [0.3, 0.4) is 0 Å². The lowest BCUT2D eigenvalue weighted by atomic mass is 10.1. The molecule has 0 amide bonds. The zero-order valence-corrected chi connectivity index (χ0v) is 16.4. The molecule has 1 aromatic heterocycles. The molecule has 0 unspecified atom stereocenters. The fourth-order valence-electron chi connectivity index (χ4n) is 3.11. The highest BCUT2D eigenvalue weighted by Gasteiger charge is 2.29. The van der Waals surface area contributed by atoms with Gasteiger partial charge in [-0.05, 0) is 48.9 Å². The van der Waals surface area contributed by atoms with Crippen LogP contribution in [0.1, 0.15) is 48.0 Å². The van der Waals surface area contributed by atoms with Crippen molar-refractivity contribution in [3.05, 3.63) is 70.9 Å². The summed E-state index contributed by atoms with van der Waals surface area (Å²) in [6.07, 6.45) is -3.82. The van der Waals surface area contributed by atoms with Crippen molar-refractivity contribution in [1.82, 2.24) is 4.57 Å². The summed E-state index contributed by atoms with van der Waals surface area (Å²) >= 11 is 0. The number of alkyl halides is 3. The third kappa shape index (κ3) is 4.55. The van der Waals surface area contributed by atoms with Crippen molar-refractivity contribution in [2.45, 2.75) is 39.9 Å². The van der Waals surface area contributed by atoms with Gasteiger partial charge in [-0.1, -0.05) is 26.0 Å². The number of aryl methyl sites for hydroxylation is 1. The van der Waals surface area contributed by atoms with Crippen LogP contribution in [0.4, 0.5) is 13.2 Å². The third-order valence-corrected chi connectivity index (χ3v) is 4.39. The highest BCUT2D eigenvalue weighted by molar-refractivity contribution is 5.95. The number of methoxy groups -OCH3 is 1. The quantitative estimate of drug-likeness (QED) is 0.505. The smallest absolute Gasteiger partial charge is 0.416 e. The van der Waals surface area contributed by atoms with E-state index in [4.69, 9.17) is 4.74 Å². The van der Waals surface area contributed by atoms with Crippen LogP contribution in [-0.2, 0) is 23.9 Å². The van der Waals surface area contributed by atoms with E-state index in [-0.39, 0.29) is 0 Å². The van der Waals surface area contributed by atoms with Gasteiger partial charge in [0.15, 0.2) is 0 Å². The molecule has 6 heteroatoms. The zero-order chi connectivity index (χ0) is 20.9. The number of fused-ring (bicyclic) bond motifs is 1. The first-order valence-electron chi connectivity index (χ1n) is 9.20. The molecular weight excluding hydrogens is 367 g/mol. The lowest BCUT2D eigenvalue weighted by Gasteiger charge is -2.10. The SMILES string of the molecule is CC.CCn1c(Cc2ccc(C(F)(F)F)cc2)cc2cc(C(=O)OC)ccc21. The van der Waals surface area contributed by atoms with Crippen LogP contribution in [-0.4, -0.2) is 17.6 Å². The van der Waals surface area contributed by atoms with Gasteiger partial charge in [-0.25, -0.2) is 4.79 Å². The van der Waals surface area contributed by atoms with E-state index in [0.29, 0.717) is 12.0 Å². The molecule has 3 aromatic rings. The number of hydrogen-bond acceptors (Lipinski definition) is 2. The van der Waals surface area contributed by atoms with E-state index in [9.17, 15) is 18.0 Å². The maximum atomic E-state index is 12.7. The van der Waals surface area contributed by atoms with E-state index in [0.717, 1.165) is 40.8 Å². The van der Waals surface area contributed by atoms with Crippen LogP contribution in [0.2, 0.25) is 0 Å². The number of benzene rings is 2. The van der Waals surface area contributed by atoms with Gasteiger partial charge >= 0.3 is 12.1 Å². The highest BCUT2D eigenvalue weighted by atomic mass is 19.4. The predicted molar refractivity (Wildman–Crippen MR) is 105 cm³/mol. The molecule has 0 aliphatic heterocycles. The van der Waals surface area contributed by atoms with Gasteiger partial charge in [0.25, 0.3) is 0 Å². The molecule has 0 radical (unpaired) electrons. The number of carbonyl (C=O) groups excluding carboxylic acids is 1. The normalized spacial score (nSPS) is 11.1. The number of aromatic nitrogens is 1. The van der Waals surface area contributed by atoms with Crippen molar-refractivity contribution in [3.63, 3.8) is 0 Å². The van der Waals surface area contributed by atoms with Crippen LogP contribution >= 0.6 is 0 Å². The molecule has 0 saturated heterocycles. The van der Waals surface area contributed by atoms with E-state index in [1.807, 2.05) is 32.9 Å². The van der Waals surface area contributed by atoms with E-state index in [1.165, 1.54) is 19.2 Å². The maximum Gasteiger partial charge on any atom is 0.416 e. The number of esters is 1. The van der Waals surface area contributed by atoms with Crippen LogP contribution in [0, 0.1) is 0 Å². The summed E-state index contributed by atoms with van der Waals surface area (Å²) < 4.78 is 44.9. The minimum absolute atomic E-state index is 0.402. The number of nitrogens with zero attached hydrogens (tertiary/aromatic N) is 1. The Hall–Kier alpha value is -2.76. The molecule has 1 heterocycles. The highest BCUT2D eigenvalue weighted by Crippen LogP contribution is 2.30. The Morgan fingerprint density at radius 1 is 1.04 bits per heavy atom. The van der Waals surface area contributed by atoms with E-state index in [2.05, 4.69) is 4.57 Å². The summed E-state index contributed by atoms with van der Waals surface area (Å²) in [4.78, 5) is 11.7. The fraction of sp³-hybridized carbons (Fsp3) is 0.318. The molecular formula is C22H24F3NO2. The van der Waals surface area contributed by atoms with Crippen molar-refractivity contribution < 1.29 is 22.7 Å². The molecule has 0 aliphatic carbocycles. The maximum absolute atomic E-state index is 12.7. The Labute approximate surface area is 162 Å². The van der Waals surface area contributed by atoms with Gasteiger partial charge in [0.2, 0.25) is 0 Å². The van der Waals surface area contributed by atoms with Crippen molar-refractivity contribution >= 4 is 16.9 Å². The molecule has 0 bridgehead atoms. The van der Waals surface area contributed by atoms with Crippen molar-refractivity contribution in [2.24, 2.45) is 0 Å². The third-order valence-electron chi connectivity index (χ3n) is 4.39. The molecule has 3 nitrogen and oxygen atoms in total. The Morgan fingerprint density at radius 2 is 1.68 bits per heavy atom. The summed E-state index contributed by atoms with van der Waals surface area (Å²) in [6, 6.07) is 12.5. The average molecular weight is 391 g/mol. The largest absolute Gasteiger partial charge is 0.465 e. The van der Waals surface area contributed by atoms with Gasteiger partial charge in [-0.2, -0.15) is 13.2 Å². The molecule has 0 N–H and O–H groups in total. The van der Waals surface area contributed by atoms with Gasteiger partial charge in [-0.3, -0.25) is 0 Å². The van der Waals surface area contributed by atoms with Crippen LogP contribution in [0.25, 0.3) is 10.9 Å². The predicted octanol–water partition coefficient (Wildman–Crippen LogP) is 6.08. The number of halogens is 3. The van der Waals surface area contributed by atoms with E-state index in [1.54, 1.807) is 12.1 Å². The molecule has 0 atom stereocenters. The lowest BCUT2D eigenvalue weighted by molar-refractivity contribution is -0.137. The second-order valence-electron chi connectivity index (χ2n) is 6.02. The van der Waals surface area contributed by atoms with E-state index >= 15 is 0 Å². The average Bonchev–Trinajstić information content (AvgIpc) is 3.04. The topological polar surface area (TPSA) is 31.2 Å². The van der Waals surface area contributed by atoms with E-state index < -0.39 is 17.7 Å². The molecule has 2 aromatic carbocycles. The second kappa shape index (κ2) is 8.95. The van der Waals surface area contributed by atoms with Gasteiger partial charge < -0.3 is 9.30 Å². The number of rotatable bonds is 4. The lowest BCUT2D eigenvalue weighted by Crippen LogP contribution is -2.05. The molecule has 150 valence electrons. The minimum atomic E-state index is -4.33. The molecule has 0 spiro atoms. The first-order valence-corrected chi connectivity index (χ1v) is 9.20. The minimum Gasteiger partial charge on any atom is -0.465 e. The first-order chi connectivity index (χ1) is 13.3. The Balaban J connectivity index is 0.00000136. The Kier molecular flexibility index (Phi) is 6.89. The molecule has 0 aliphatic rings. The van der Waals surface area contributed by atoms with Crippen LogP contribution < -0.4 is 0 Å². The first kappa shape index (κ1) is 21.5. The summed E-state index contributed by atoms with van der Waals surface area (Å²) in [5.74, 6) is -0.402.